The van der Waals surface area contributed by atoms with Crippen LogP contribution in [0.3, 0.4) is 0 Å². The number of halogens is 1. The molecule has 0 spiro atoms. The lowest BCUT2D eigenvalue weighted by Gasteiger charge is -2.31. The third kappa shape index (κ3) is 3.32. The molecule has 0 atom stereocenters. The maximum atomic E-state index is 12.8. The van der Waals surface area contributed by atoms with E-state index < -0.39 is 9.84 Å². The molecule has 1 aromatic rings. The zero-order chi connectivity index (χ0) is 14.0. The summed E-state index contributed by atoms with van der Waals surface area (Å²) in [6, 6.07) is 5.38. The van der Waals surface area contributed by atoms with Gasteiger partial charge in [0.15, 0.2) is 0 Å². The summed E-state index contributed by atoms with van der Waals surface area (Å²) in [5.41, 5.74) is 0.430. The predicted molar refractivity (Wildman–Crippen MR) is 70.2 cm³/mol. The Kier molecular flexibility index (Phi) is 3.89. The van der Waals surface area contributed by atoms with Crippen LogP contribution in [-0.2, 0) is 9.84 Å². The Hall–Kier alpha value is -1.43. The number of likely N-dealkylation sites (tertiary alicyclic amines) is 1. The number of rotatable bonds is 2. The lowest BCUT2D eigenvalue weighted by Crippen LogP contribution is -2.42. The third-order valence-corrected chi connectivity index (χ3v) is 5.11. The van der Waals surface area contributed by atoms with Gasteiger partial charge in [0.1, 0.15) is 15.7 Å². The molecule has 1 fully saturated rings. The number of sulfone groups is 1. The standard InChI is InChI=1S/C13H16FNO3S/c1-19(17,18)12-6-8-15(9-7-12)13(16)10-2-4-11(14)5-3-10/h2-5,12H,6-9H2,1H3. The highest BCUT2D eigenvalue weighted by Gasteiger charge is 2.29. The van der Waals surface area contributed by atoms with Gasteiger partial charge in [-0.25, -0.2) is 12.8 Å². The molecule has 1 aliphatic rings. The van der Waals surface area contributed by atoms with Crippen LogP contribution >= 0.6 is 0 Å². The van der Waals surface area contributed by atoms with Crippen molar-refractivity contribution in [2.75, 3.05) is 19.3 Å². The average molecular weight is 285 g/mol. The number of amides is 1. The number of benzene rings is 1. The van der Waals surface area contributed by atoms with Crippen molar-refractivity contribution in [2.45, 2.75) is 18.1 Å². The van der Waals surface area contributed by atoms with E-state index in [-0.39, 0.29) is 17.0 Å². The molecule has 1 aromatic carbocycles. The second-order valence-corrected chi connectivity index (χ2v) is 7.15. The van der Waals surface area contributed by atoms with E-state index in [1.54, 1.807) is 4.90 Å². The molecule has 0 unspecified atom stereocenters. The van der Waals surface area contributed by atoms with Crippen LogP contribution in [0.4, 0.5) is 4.39 Å². The SMILES string of the molecule is CS(=O)(=O)C1CCN(C(=O)c2ccc(F)cc2)CC1. The topological polar surface area (TPSA) is 54.5 Å². The lowest BCUT2D eigenvalue weighted by molar-refractivity contribution is 0.0725. The monoisotopic (exact) mass is 285 g/mol. The molecule has 0 aliphatic carbocycles. The first-order valence-electron chi connectivity index (χ1n) is 6.11. The highest BCUT2D eigenvalue weighted by atomic mass is 32.2. The first kappa shape index (κ1) is 14.0. The minimum Gasteiger partial charge on any atom is -0.339 e. The Labute approximate surface area is 112 Å². The van der Waals surface area contributed by atoms with Gasteiger partial charge in [-0.05, 0) is 37.1 Å². The zero-order valence-electron chi connectivity index (χ0n) is 10.7. The summed E-state index contributed by atoms with van der Waals surface area (Å²) >= 11 is 0. The molecule has 0 N–H and O–H groups in total. The Morgan fingerprint density at radius 1 is 1.21 bits per heavy atom. The number of hydrogen-bond donors (Lipinski definition) is 0. The third-order valence-electron chi connectivity index (χ3n) is 3.43. The van der Waals surface area contributed by atoms with Crippen LogP contribution < -0.4 is 0 Å². The molecule has 6 heteroatoms. The second kappa shape index (κ2) is 5.28. The van der Waals surface area contributed by atoms with Gasteiger partial charge in [-0.3, -0.25) is 4.79 Å². The van der Waals surface area contributed by atoms with Gasteiger partial charge in [0.25, 0.3) is 5.91 Å². The van der Waals surface area contributed by atoms with Crippen LogP contribution in [-0.4, -0.2) is 43.8 Å². The molecule has 0 radical (unpaired) electrons. The van der Waals surface area contributed by atoms with Gasteiger partial charge >= 0.3 is 0 Å². The van der Waals surface area contributed by atoms with Crippen LogP contribution in [0.15, 0.2) is 24.3 Å². The van der Waals surface area contributed by atoms with Crippen molar-refractivity contribution in [1.82, 2.24) is 4.90 Å². The van der Waals surface area contributed by atoms with Crippen molar-refractivity contribution < 1.29 is 17.6 Å². The van der Waals surface area contributed by atoms with Crippen LogP contribution in [0, 0.1) is 5.82 Å². The molecule has 0 aromatic heterocycles. The fraction of sp³-hybridized carbons (Fsp3) is 0.462. The van der Waals surface area contributed by atoms with Crippen molar-refractivity contribution in [3.8, 4) is 0 Å². The number of hydrogen-bond acceptors (Lipinski definition) is 3. The molecule has 0 saturated carbocycles. The van der Waals surface area contributed by atoms with E-state index in [2.05, 4.69) is 0 Å². The van der Waals surface area contributed by atoms with Crippen LogP contribution in [0.25, 0.3) is 0 Å². The van der Waals surface area contributed by atoms with E-state index >= 15 is 0 Å². The zero-order valence-corrected chi connectivity index (χ0v) is 11.5. The lowest BCUT2D eigenvalue weighted by atomic mass is 10.1. The average Bonchev–Trinajstić information content (AvgIpc) is 2.38. The van der Waals surface area contributed by atoms with Gasteiger partial charge in [0.05, 0.1) is 5.25 Å². The van der Waals surface area contributed by atoms with E-state index in [1.807, 2.05) is 0 Å². The molecule has 0 bridgehead atoms. The second-order valence-electron chi connectivity index (χ2n) is 4.83. The van der Waals surface area contributed by atoms with E-state index in [4.69, 9.17) is 0 Å². The van der Waals surface area contributed by atoms with E-state index in [0.29, 0.717) is 31.5 Å². The van der Waals surface area contributed by atoms with Gasteiger partial charge in [0, 0.05) is 24.9 Å². The van der Waals surface area contributed by atoms with Crippen LogP contribution in [0.5, 0.6) is 0 Å². The van der Waals surface area contributed by atoms with Crippen molar-refractivity contribution in [3.05, 3.63) is 35.6 Å². The van der Waals surface area contributed by atoms with Crippen molar-refractivity contribution >= 4 is 15.7 Å². The molecule has 1 saturated heterocycles. The molecule has 1 heterocycles. The van der Waals surface area contributed by atoms with Gasteiger partial charge in [-0.15, -0.1) is 0 Å². The normalized spacial score (nSPS) is 17.5. The molecule has 2 rings (SSSR count). The predicted octanol–water partition coefficient (Wildman–Crippen LogP) is 1.47. The van der Waals surface area contributed by atoms with Crippen molar-refractivity contribution in [1.29, 1.82) is 0 Å². The number of nitrogens with zero attached hydrogens (tertiary/aromatic N) is 1. The van der Waals surface area contributed by atoms with Crippen LogP contribution in [0.2, 0.25) is 0 Å². The number of piperidine rings is 1. The van der Waals surface area contributed by atoms with Crippen molar-refractivity contribution in [2.24, 2.45) is 0 Å². The fourth-order valence-corrected chi connectivity index (χ4v) is 3.33. The smallest absolute Gasteiger partial charge is 0.253 e. The summed E-state index contributed by atoms with van der Waals surface area (Å²) in [4.78, 5) is 13.7. The molecule has 4 nitrogen and oxygen atoms in total. The summed E-state index contributed by atoms with van der Waals surface area (Å²) in [5, 5.41) is -0.357. The minimum absolute atomic E-state index is 0.174. The first-order valence-corrected chi connectivity index (χ1v) is 8.07. The quantitative estimate of drug-likeness (QED) is 0.827. The summed E-state index contributed by atoms with van der Waals surface area (Å²) in [5.74, 6) is -0.556. The number of carbonyl (C=O) groups excluding carboxylic acids is 1. The Morgan fingerprint density at radius 2 is 1.74 bits per heavy atom. The minimum atomic E-state index is -3.03. The largest absolute Gasteiger partial charge is 0.339 e. The highest BCUT2D eigenvalue weighted by Crippen LogP contribution is 2.19. The summed E-state index contributed by atoms with van der Waals surface area (Å²) in [6.45, 7) is 0.849. The Bertz CT molecular complexity index is 560. The molecular weight excluding hydrogens is 269 g/mol. The maximum Gasteiger partial charge on any atom is 0.253 e. The number of carbonyl (C=O) groups is 1. The molecule has 19 heavy (non-hydrogen) atoms. The Balaban J connectivity index is 2.02. The van der Waals surface area contributed by atoms with E-state index in [9.17, 15) is 17.6 Å². The summed E-state index contributed by atoms with van der Waals surface area (Å²) in [7, 11) is -3.03. The molecule has 104 valence electrons. The fourth-order valence-electron chi connectivity index (χ4n) is 2.26. The van der Waals surface area contributed by atoms with E-state index in [0.717, 1.165) is 0 Å². The van der Waals surface area contributed by atoms with E-state index in [1.165, 1.54) is 30.5 Å². The van der Waals surface area contributed by atoms with Gasteiger partial charge in [0.2, 0.25) is 0 Å². The summed E-state index contributed by atoms with van der Waals surface area (Å²) < 4.78 is 35.6. The van der Waals surface area contributed by atoms with Crippen molar-refractivity contribution in [3.63, 3.8) is 0 Å². The highest BCUT2D eigenvalue weighted by molar-refractivity contribution is 7.91. The Morgan fingerprint density at radius 3 is 2.21 bits per heavy atom. The van der Waals surface area contributed by atoms with Gasteiger partial charge < -0.3 is 4.90 Å². The maximum absolute atomic E-state index is 12.8. The molecule has 1 aliphatic heterocycles. The molecule has 1 amide bonds. The first-order chi connectivity index (χ1) is 8.88. The van der Waals surface area contributed by atoms with Gasteiger partial charge in [-0.1, -0.05) is 0 Å². The molecular formula is C13H16FNO3S. The van der Waals surface area contributed by atoms with Gasteiger partial charge in [-0.2, -0.15) is 0 Å². The summed E-state index contributed by atoms with van der Waals surface area (Å²) in [6.07, 6.45) is 2.16. The van der Waals surface area contributed by atoms with Crippen LogP contribution in [0.1, 0.15) is 23.2 Å².